The SMILES string of the molecule is C[C@@H]1CC([C@H](N=[N+]=[N-])C(C)(C)O)OC2[C@H]1[C@@]1(C)CCC34C[C@@]35CC[C@H](O[C@H]3CN(C6COC6)CCO3)C(C)(C)[C@@H]5CCC4[C@]1(C)[C@H]2O. The Hall–Kier alpha value is -0.970. The summed E-state index contributed by atoms with van der Waals surface area (Å²) in [5.41, 5.74) is 8.48. The largest absolute Gasteiger partial charge is 0.390 e. The molecule has 2 spiro atoms. The van der Waals surface area contributed by atoms with Gasteiger partial charge in [-0.25, -0.2) is 0 Å². The Balaban J connectivity index is 1.03. The number of rotatable bonds is 6. The minimum atomic E-state index is -1.21. The van der Waals surface area contributed by atoms with Gasteiger partial charge in [0.05, 0.1) is 68.5 Å². The number of hydrogen-bond acceptors (Lipinski definition) is 8. The lowest BCUT2D eigenvalue weighted by atomic mass is 9.41. The van der Waals surface area contributed by atoms with E-state index in [1.807, 2.05) is 0 Å². The Labute approximate surface area is 281 Å². The van der Waals surface area contributed by atoms with Crippen molar-refractivity contribution >= 4 is 0 Å². The molecule has 8 rings (SSSR count). The number of hydrogen-bond donors (Lipinski definition) is 2. The molecule has 264 valence electrons. The third-order valence-electron chi connectivity index (χ3n) is 16.5. The van der Waals surface area contributed by atoms with Crippen molar-refractivity contribution < 1.29 is 29.2 Å². The van der Waals surface area contributed by atoms with E-state index in [0.717, 1.165) is 58.6 Å². The summed E-state index contributed by atoms with van der Waals surface area (Å²) in [5, 5.41) is 27.5. The lowest BCUT2D eigenvalue weighted by molar-refractivity contribution is -0.256. The highest BCUT2D eigenvalue weighted by Gasteiger charge is 2.84. The number of nitrogens with zero attached hydrogens (tertiary/aromatic N) is 4. The van der Waals surface area contributed by atoms with Crippen LogP contribution in [-0.4, -0.2) is 96.4 Å². The molecule has 8 fully saturated rings. The number of fused-ring (bicyclic) bond motifs is 4. The molecule has 0 aromatic heterocycles. The molecule has 14 atom stereocenters. The Morgan fingerprint density at radius 3 is 2.45 bits per heavy atom. The molecule has 2 N–H and O–H groups in total. The van der Waals surface area contributed by atoms with E-state index in [-0.39, 0.29) is 46.1 Å². The summed E-state index contributed by atoms with van der Waals surface area (Å²) in [5.74, 6) is 1.59. The zero-order chi connectivity index (χ0) is 33.4. The molecule has 4 unspecified atom stereocenters. The molecule has 0 aromatic rings. The van der Waals surface area contributed by atoms with Crippen LogP contribution < -0.4 is 0 Å². The molecule has 3 saturated heterocycles. The van der Waals surface area contributed by atoms with E-state index in [1.54, 1.807) is 13.8 Å². The highest BCUT2D eigenvalue weighted by atomic mass is 16.7. The maximum Gasteiger partial charge on any atom is 0.170 e. The quantitative estimate of drug-likeness (QED) is 0.213. The van der Waals surface area contributed by atoms with Crippen molar-refractivity contribution in [3.05, 3.63) is 10.4 Å². The van der Waals surface area contributed by atoms with Crippen LogP contribution in [0.4, 0.5) is 0 Å². The maximum atomic E-state index is 12.5. The van der Waals surface area contributed by atoms with Gasteiger partial charge in [-0.05, 0) is 116 Å². The van der Waals surface area contributed by atoms with E-state index in [1.165, 1.54) is 25.7 Å². The average molecular weight is 657 g/mol. The lowest BCUT2D eigenvalue weighted by Crippen LogP contribution is -2.60. The zero-order valence-electron chi connectivity index (χ0n) is 29.9. The highest BCUT2D eigenvalue weighted by Crippen LogP contribution is 2.89. The highest BCUT2D eigenvalue weighted by molar-refractivity contribution is 5.33. The number of azide groups is 1. The number of aliphatic hydroxyl groups is 2. The van der Waals surface area contributed by atoms with Gasteiger partial charge in [-0.15, -0.1) is 0 Å². The van der Waals surface area contributed by atoms with E-state index in [4.69, 9.17) is 18.9 Å². The minimum absolute atomic E-state index is 0.0395. The second-order valence-electron chi connectivity index (χ2n) is 19.0. The van der Waals surface area contributed by atoms with Gasteiger partial charge in [0.15, 0.2) is 6.29 Å². The van der Waals surface area contributed by atoms with E-state index >= 15 is 0 Å². The van der Waals surface area contributed by atoms with Crippen molar-refractivity contribution in [1.29, 1.82) is 0 Å². The third kappa shape index (κ3) is 4.38. The Morgan fingerprint density at radius 2 is 1.77 bits per heavy atom. The smallest absolute Gasteiger partial charge is 0.170 e. The molecule has 47 heavy (non-hydrogen) atoms. The molecule has 8 aliphatic rings. The van der Waals surface area contributed by atoms with Gasteiger partial charge in [-0.1, -0.05) is 39.7 Å². The van der Waals surface area contributed by atoms with E-state index in [0.29, 0.717) is 29.2 Å². The van der Waals surface area contributed by atoms with E-state index < -0.39 is 23.9 Å². The van der Waals surface area contributed by atoms with Crippen molar-refractivity contribution in [3.8, 4) is 0 Å². The molecule has 5 aliphatic carbocycles. The van der Waals surface area contributed by atoms with Crippen molar-refractivity contribution in [2.24, 2.45) is 55.9 Å². The maximum absolute atomic E-state index is 12.5. The topological polar surface area (TPSA) is 129 Å². The molecule has 10 heteroatoms. The van der Waals surface area contributed by atoms with Gasteiger partial charge < -0.3 is 29.2 Å². The first kappa shape index (κ1) is 33.2. The summed E-state index contributed by atoms with van der Waals surface area (Å²) in [6.07, 6.45) is 7.66. The fraction of sp³-hybridized carbons (Fsp3) is 1.00. The zero-order valence-corrected chi connectivity index (χ0v) is 29.9. The van der Waals surface area contributed by atoms with Crippen LogP contribution in [0.3, 0.4) is 0 Å². The van der Waals surface area contributed by atoms with Crippen molar-refractivity contribution in [2.45, 2.75) is 148 Å². The van der Waals surface area contributed by atoms with Gasteiger partial charge in [0.25, 0.3) is 0 Å². The first-order valence-electron chi connectivity index (χ1n) is 18.8. The summed E-state index contributed by atoms with van der Waals surface area (Å²) in [4.78, 5) is 5.57. The van der Waals surface area contributed by atoms with Crippen LogP contribution in [0.25, 0.3) is 10.4 Å². The van der Waals surface area contributed by atoms with Crippen molar-refractivity contribution in [3.63, 3.8) is 0 Å². The van der Waals surface area contributed by atoms with Crippen LogP contribution in [0.1, 0.15) is 99.8 Å². The van der Waals surface area contributed by atoms with Gasteiger partial charge in [-0.3, -0.25) is 4.90 Å². The predicted octanol–water partition coefficient (Wildman–Crippen LogP) is 5.69. The molecule has 3 aliphatic heterocycles. The average Bonchev–Trinajstić information content (AvgIpc) is 3.61. The van der Waals surface area contributed by atoms with Crippen LogP contribution in [0.5, 0.6) is 0 Å². The van der Waals surface area contributed by atoms with Crippen molar-refractivity contribution in [1.82, 2.24) is 4.90 Å². The molecular formula is C37H60N4O6. The van der Waals surface area contributed by atoms with Crippen LogP contribution in [0, 0.1) is 50.7 Å². The van der Waals surface area contributed by atoms with Crippen LogP contribution in [0.15, 0.2) is 5.11 Å². The molecule has 10 nitrogen and oxygen atoms in total. The van der Waals surface area contributed by atoms with Crippen LogP contribution in [0.2, 0.25) is 0 Å². The monoisotopic (exact) mass is 656 g/mol. The molecule has 0 bridgehead atoms. The summed E-state index contributed by atoms with van der Waals surface area (Å²) in [7, 11) is 0. The number of morpholine rings is 1. The molecule has 3 heterocycles. The molecular weight excluding hydrogens is 596 g/mol. The first-order chi connectivity index (χ1) is 22.1. The summed E-state index contributed by atoms with van der Waals surface area (Å²) in [6, 6.07) is -0.190. The number of ether oxygens (including phenoxy) is 4. The normalized spacial score (nSPS) is 52.8. The fourth-order valence-corrected chi connectivity index (χ4v) is 14.2. The standard InChI is InChI=1S/C37H60N4O6/c1-21-16-23(30(39-40-38)33(4,5)43)46-29-28(21)34(6)12-13-37-20-36(37)11-10-26(47-27-17-41(14-15-45-27)22-18-44-19-22)32(2,3)24(36)8-9-25(37)35(34,7)31(29)42/h21-31,42-43H,8-20H2,1-7H3/t21-,23?,24+,25?,26+,27+,28+,29?,30+,31+,34-,35-,36-,37?/m1/s1. The summed E-state index contributed by atoms with van der Waals surface area (Å²) in [6.45, 7) is 19.7. The third-order valence-corrected chi connectivity index (χ3v) is 16.5. The molecule has 5 saturated carbocycles. The van der Waals surface area contributed by atoms with Gasteiger partial charge >= 0.3 is 0 Å². The Morgan fingerprint density at radius 1 is 1.04 bits per heavy atom. The summed E-state index contributed by atoms with van der Waals surface area (Å²) >= 11 is 0. The fourth-order valence-electron chi connectivity index (χ4n) is 14.2. The second kappa shape index (κ2) is 10.8. The van der Waals surface area contributed by atoms with E-state index in [2.05, 4.69) is 49.5 Å². The van der Waals surface area contributed by atoms with Gasteiger partial charge in [0, 0.05) is 16.9 Å². The predicted molar refractivity (Wildman–Crippen MR) is 176 cm³/mol. The minimum Gasteiger partial charge on any atom is -0.390 e. The molecule has 0 amide bonds. The van der Waals surface area contributed by atoms with Gasteiger partial charge in [0.2, 0.25) is 0 Å². The second-order valence-corrected chi connectivity index (χ2v) is 19.0. The van der Waals surface area contributed by atoms with Crippen molar-refractivity contribution in [2.75, 3.05) is 32.9 Å². The van der Waals surface area contributed by atoms with Crippen LogP contribution >= 0.6 is 0 Å². The first-order valence-corrected chi connectivity index (χ1v) is 18.8. The van der Waals surface area contributed by atoms with Gasteiger partial charge in [0.1, 0.15) is 0 Å². The molecule has 0 radical (unpaired) electrons. The lowest BCUT2D eigenvalue weighted by Gasteiger charge is -2.64. The Kier molecular flexibility index (Phi) is 7.61. The number of aliphatic hydroxyl groups excluding tert-OH is 1. The summed E-state index contributed by atoms with van der Waals surface area (Å²) < 4.78 is 25.4. The van der Waals surface area contributed by atoms with Gasteiger partial charge in [-0.2, -0.15) is 0 Å². The Bertz CT molecular complexity index is 1300. The van der Waals surface area contributed by atoms with Crippen LogP contribution in [-0.2, 0) is 18.9 Å². The molecule has 0 aromatic carbocycles. The van der Waals surface area contributed by atoms with E-state index in [9.17, 15) is 15.7 Å².